The van der Waals surface area contributed by atoms with Gasteiger partial charge in [-0.25, -0.2) is 9.67 Å². The van der Waals surface area contributed by atoms with Crippen molar-refractivity contribution in [3.63, 3.8) is 0 Å². The van der Waals surface area contributed by atoms with Crippen molar-refractivity contribution in [3.8, 4) is 0 Å². The Labute approximate surface area is 131 Å². The molecule has 4 heterocycles. The van der Waals surface area contributed by atoms with Gasteiger partial charge in [-0.2, -0.15) is 10.1 Å². The van der Waals surface area contributed by atoms with Crippen LogP contribution in [0, 0.1) is 0 Å². The molecule has 1 N–H and O–H groups in total. The first-order valence-electron chi connectivity index (χ1n) is 6.96. The predicted molar refractivity (Wildman–Crippen MR) is 75.2 cm³/mol. The molecule has 0 bridgehead atoms. The van der Waals surface area contributed by atoms with Crippen LogP contribution < -0.4 is 0 Å². The lowest BCUT2D eigenvalue weighted by Crippen LogP contribution is -2.31. The monoisotopic (exact) mass is 326 g/mol. The second kappa shape index (κ2) is 4.84. The first-order chi connectivity index (χ1) is 10.5. The molecule has 2 aromatic heterocycles. The molecule has 0 unspecified atom stereocenters. The van der Waals surface area contributed by atoms with E-state index in [1.54, 1.807) is 17.1 Å². The van der Waals surface area contributed by atoms with Crippen LogP contribution in [0.15, 0.2) is 12.4 Å². The lowest BCUT2D eigenvalue weighted by atomic mass is 10.1. The normalized spacial score (nSPS) is 33.5. The summed E-state index contributed by atoms with van der Waals surface area (Å²) in [6.45, 7) is 3.50. The van der Waals surface area contributed by atoms with E-state index in [1.165, 1.54) is 0 Å². The Bertz CT molecular complexity index is 721. The second-order valence-corrected chi connectivity index (χ2v) is 6.16. The van der Waals surface area contributed by atoms with Crippen molar-refractivity contribution in [2.45, 2.75) is 44.2 Å². The van der Waals surface area contributed by atoms with E-state index in [-0.39, 0.29) is 24.1 Å². The fourth-order valence-corrected chi connectivity index (χ4v) is 3.13. The van der Waals surface area contributed by atoms with Crippen LogP contribution >= 0.6 is 11.6 Å². The van der Waals surface area contributed by atoms with Gasteiger partial charge in [0, 0.05) is 6.20 Å². The van der Waals surface area contributed by atoms with Gasteiger partial charge >= 0.3 is 0 Å². The van der Waals surface area contributed by atoms with E-state index in [0.717, 1.165) is 5.39 Å². The van der Waals surface area contributed by atoms with Gasteiger partial charge in [-0.1, -0.05) is 0 Å². The minimum atomic E-state index is -0.736. The Morgan fingerprint density at radius 2 is 2.09 bits per heavy atom. The quantitative estimate of drug-likeness (QED) is 0.819. The molecule has 2 aliphatic rings. The van der Waals surface area contributed by atoms with Gasteiger partial charge in [-0.3, -0.25) is 0 Å². The minimum Gasteiger partial charge on any atom is -0.394 e. The maximum absolute atomic E-state index is 9.52. The third kappa shape index (κ3) is 2.10. The zero-order valence-electron chi connectivity index (χ0n) is 12.0. The summed E-state index contributed by atoms with van der Waals surface area (Å²) in [4.78, 5) is 8.13. The molecule has 0 aliphatic carbocycles. The average Bonchev–Trinajstić information content (AvgIpc) is 3.09. The summed E-state index contributed by atoms with van der Waals surface area (Å²) in [6.07, 6.45) is 1.46. The molecule has 0 saturated carbocycles. The van der Waals surface area contributed by atoms with Gasteiger partial charge in [0.1, 0.15) is 18.3 Å². The molecule has 118 valence electrons. The van der Waals surface area contributed by atoms with Crippen LogP contribution in [0.2, 0.25) is 5.28 Å². The molecule has 0 amide bonds. The van der Waals surface area contributed by atoms with E-state index in [9.17, 15) is 5.11 Å². The highest BCUT2D eigenvalue weighted by Crippen LogP contribution is 2.43. The fraction of sp³-hybridized carbons (Fsp3) is 0.615. The van der Waals surface area contributed by atoms with Gasteiger partial charge in [0.15, 0.2) is 17.7 Å². The van der Waals surface area contributed by atoms with Crippen molar-refractivity contribution >= 4 is 22.6 Å². The molecule has 2 fully saturated rings. The molecule has 0 radical (unpaired) electrons. The van der Waals surface area contributed by atoms with Crippen LogP contribution in [0.25, 0.3) is 11.0 Å². The first kappa shape index (κ1) is 14.3. The largest absolute Gasteiger partial charge is 0.394 e. The third-order valence-electron chi connectivity index (χ3n) is 3.85. The molecule has 22 heavy (non-hydrogen) atoms. The molecule has 0 aromatic carbocycles. The predicted octanol–water partition coefficient (Wildman–Crippen LogP) is 0.889. The second-order valence-electron chi connectivity index (χ2n) is 5.82. The van der Waals surface area contributed by atoms with Gasteiger partial charge < -0.3 is 19.3 Å². The molecule has 2 saturated heterocycles. The minimum absolute atomic E-state index is 0.131. The Hall–Kier alpha value is -1.32. The molecule has 4 atom stereocenters. The molecule has 0 spiro atoms. The Morgan fingerprint density at radius 3 is 2.86 bits per heavy atom. The molecular formula is C13H15ClN4O4. The fourth-order valence-electron chi connectivity index (χ4n) is 3.00. The van der Waals surface area contributed by atoms with Crippen LogP contribution in [-0.2, 0) is 14.2 Å². The van der Waals surface area contributed by atoms with E-state index in [2.05, 4.69) is 15.1 Å². The summed E-state index contributed by atoms with van der Waals surface area (Å²) in [5.41, 5.74) is 0.552. The lowest BCUT2D eigenvalue weighted by molar-refractivity contribution is -0.201. The van der Waals surface area contributed by atoms with E-state index in [0.29, 0.717) is 5.65 Å². The molecule has 2 aliphatic heterocycles. The van der Waals surface area contributed by atoms with Gasteiger partial charge in [0.25, 0.3) is 0 Å². The summed E-state index contributed by atoms with van der Waals surface area (Å²) in [5, 5.41) is 14.7. The van der Waals surface area contributed by atoms with Crippen LogP contribution in [0.3, 0.4) is 0 Å². The van der Waals surface area contributed by atoms with Crippen molar-refractivity contribution in [2.75, 3.05) is 6.61 Å². The number of fused-ring (bicyclic) bond motifs is 2. The standard InChI is InChI=1S/C13H15ClN4O4/c1-13(2)21-8-7(5-19)20-11(9(8)22-13)18-10-6(4-16-18)3-15-12(14)17-10/h3-4,7-9,11,19H,5H2,1-2H3/t7-,8-,9-,11-/m1/s1. The Kier molecular flexibility index (Phi) is 3.14. The van der Waals surface area contributed by atoms with Gasteiger partial charge in [0.2, 0.25) is 5.28 Å². The number of hydrogen-bond acceptors (Lipinski definition) is 7. The highest BCUT2D eigenvalue weighted by molar-refractivity contribution is 6.28. The summed E-state index contributed by atoms with van der Waals surface area (Å²) < 4.78 is 19.2. The van der Waals surface area contributed by atoms with Crippen LogP contribution in [0.1, 0.15) is 20.1 Å². The molecular weight excluding hydrogens is 312 g/mol. The number of hydrogen-bond donors (Lipinski definition) is 1. The SMILES string of the molecule is CC1(C)O[C@@H]2[C@H](O1)[C@@H](CO)O[C@H]2n1ncc2cnc(Cl)nc21. The molecule has 9 heteroatoms. The Morgan fingerprint density at radius 1 is 1.32 bits per heavy atom. The summed E-state index contributed by atoms with van der Waals surface area (Å²) in [5.74, 6) is -0.736. The smallest absolute Gasteiger partial charge is 0.224 e. The van der Waals surface area contributed by atoms with Crippen molar-refractivity contribution in [1.29, 1.82) is 0 Å². The molecule has 8 nitrogen and oxygen atoms in total. The molecule has 4 rings (SSSR count). The van der Waals surface area contributed by atoms with E-state index in [1.807, 2.05) is 13.8 Å². The zero-order valence-corrected chi connectivity index (χ0v) is 12.8. The number of aliphatic hydroxyl groups excluding tert-OH is 1. The highest BCUT2D eigenvalue weighted by atomic mass is 35.5. The number of nitrogens with zero attached hydrogens (tertiary/aromatic N) is 4. The van der Waals surface area contributed by atoms with Crippen molar-refractivity contribution in [2.24, 2.45) is 0 Å². The topological polar surface area (TPSA) is 91.5 Å². The van der Waals surface area contributed by atoms with Crippen molar-refractivity contribution in [1.82, 2.24) is 19.7 Å². The van der Waals surface area contributed by atoms with Crippen LogP contribution in [0.4, 0.5) is 0 Å². The van der Waals surface area contributed by atoms with E-state index >= 15 is 0 Å². The highest BCUT2D eigenvalue weighted by Gasteiger charge is 2.56. The first-order valence-corrected chi connectivity index (χ1v) is 7.34. The lowest BCUT2D eigenvalue weighted by Gasteiger charge is -2.23. The number of halogens is 1. The maximum atomic E-state index is 9.52. The number of rotatable bonds is 2. The van der Waals surface area contributed by atoms with E-state index < -0.39 is 18.1 Å². The molecule has 2 aromatic rings. The van der Waals surface area contributed by atoms with Gasteiger partial charge in [-0.05, 0) is 25.4 Å². The average molecular weight is 327 g/mol. The van der Waals surface area contributed by atoms with Crippen LogP contribution in [0.5, 0.6) is 0 Å². The number of aliphatic hydroxyl groups is 1. The summed E-state index contributed by atoms with van der Waals surface area (Å²) in [7, 11) is 0. The van der Waals surface area contributed by atoms with Crippen LogP contribution in [-0.4, -0.2) is 55.6 Å². The Balaban J connectivity index is 1.76. The summed E-state index contributed by atoms with van der Waals surface area (Å²) in [6, 6.07) is 0. The summed E-state index contributed by atoms with van der Waals surface area (Å²) >= 11 is 5.87. The van der Waals surface area contributed by atoms with Crippen molar-refractivity contribution < 1.29 is 19.3 Å². The van der Waals surface area contributed by atoms with Gasteiger partial charge in [-0.15, -0.1) is 0 Å². The van der Waals surface area contributed by atoms with Gasteiger partial charge in [0.05, 0.1) is 18.2 Å². The zero-order chi connectivity index (χ0) is 15.5. The number of aromatic nitrogens is 4. The number of ether oxygens (including phenoxy) is 3. The maximum Gasteiger partial charge on any atom is 0.224 e. The third-order valence-corrected chi connectivity index (χ3v) is 4.03. The van der Waals surface area contributed by atoms with E-state index in [4.69, 9.17) is 25.8 Å². The van der Waals surface area contributed by atoms with Crippen molar-refractivity contribution in [3.05, 3.63) is 17.7 Å².